The fraction of sp³-hybridized carbons (Fsp3) is 0.417. The minimum absolute atomic E-state index is 0.472. The van der Waals surface area contributed by atoms with Crippen molar-refractivity contribution in [2.75, 3.05) is 13.1 Å². The van der Waals surface area contributed by atoms with Gasteiger partial charge in [0.1, 0.15) is 0 Å². The molecule has 2 rings (SSSR count). The van der Waals surface area contributed by atoms with E-state index >= 15 is 0 Å². The zero-order valence-corrected chi connectivity index (χ0v) is 10.5. The van der Waals surface area contributed by atoms with E-state index in [0.29, 0.717) is 19.6 Å². The van der Waals surface area contributed by atoms with E-state index in [1.165, 1.54) is 11.3 Å². The first-order chi connectivity index (χ1) is 8.54. The largest absolute Gasteiger partial charge is 0.478 e. The summed E-state index contributed by atoms with van der Waals surface area (Å²) < 4.78 is 0. The van der Waals surface area contributed by atoms with Crippen LogP contribution in [0.25, 0.3) is 6.08 Å². The maximum atomic E-state index is 10.4. The number of hydrogen-bond donors (Lipinski definition) is 3. The van der Waals surface area contributed by atoms with Crippen molar-refractivity contribution in [1.82, 2.24) is 4.90 Å². The molecule has 5 nitrogen and oxygen atoms in total. The minimum atomic E-state index is -0.962. The van der Waals surface area contributed by atoms with Crippen molar-refractivity contribution in [3.63, 3.8) is 0 Å². The summed E-state index contributed by atoms with van der Waals surface area (Å²) in [7, 11) is 0. The normalized spacial score (nSPS) is 25.0. The number of carboxylic acids is 1. The summed E-state index contributed by atoms with van der Waals surface area (Å²) in [5.41, 5.74) is 0. The van der Waals surface area contributed by atoms with Crippen molar-refractivity contribution < 1.29 is 20.1 Å². The summed E-state index contributed by atoms with van der Waals surface area (Å²) in [5.74, 6) is -0.962. The molecule has 0 radical (unpaired) electrons. The second kappa shape index (κ2) is 5.62. The monoisotopic (exact) mass is 269 g/mol. The quantitative estimate of drug-likeness (QED) is 0.689. The Bertz CT molecular complexity index is 447. The van der Waals surface area contributed by atoms with E-state index in [-0.39, 0.29) is 0 Å². The molecular weight excluding hydrogens is 254 g/mol. The molecule has 1 aromatic heterocycles. The molecule has 0 bridgehead atoms. The second-order valence-corrected chi connectivity index (χ2v) is 5.50. The van der Waals surface area contributed by atoms with Crippen LogP contribution in [-0.4, -0.2) is 51.5 Å². The smallest absolute Gasteiger partial charge is 0.328 e. The Balaban J connectivity index is 1.93. The van der Waals surface area contributed by atoms with Crippen molar-refractivity contribution in [2.24, 2.45) is 0 Å². The molecule has 1 aliphatic rings. The van der Waals surface area contributed by atoms with Crippen LogP contribution in [0.1, 0.15) is 9.75 Å². The lowest BCUT2D eigenvalue weighted by molar-refractivity contribution is -0.131. The van der Waals surface area contributed by atoms with Gasteiger partial charge >= 0.3 is 5.97 Å². The fourth-order valence-electron chi connectivity index (χ4n) is 1.92. The third-order valence-corrected chi connectivity index (χ3v) is 3.82. The molecule has 2 atom stereocenters. The Morgan fingerprint density at radius 3 is 2.67 bits per heavy atom. The van der Waals surface area contributed by atoms with Gasteiger partial charge in [0, 0.05) is 35.5 Å². The number of hydrogen-bond acceptors (Lipinski definition) is 5. The van der Waals surface area contributed by atoms with E-state index in [1.54, 1.807) is 6.08 Å². The molecule has 98 valence electrons. The third-order valence-electron chi connectivity index (χ3n) is 2.79. The summed E-state index contributed by atoms with van der Waals surface area (Å²) in [4.78, 5) is 14.3. The number of likely N-dealkylation sites (tertiary alicyclic amines) is 1. The Kier molecular flexibility index (Phi) is 4.13. The second-order valence-electron chi connectivity index (χ2n) is 4.30. The molecule has 0 aliphatic carbocycles. The van der Waals surface area contributed by atoms with Crippen LogP contribution in [0.3, 0.4) is 0 Å². The number of rotatable bonds is 4. The number of aliphatic carboxylic acids is 1. The average Bonchev–Trinajstić information content (AvgIpc) is 2.85. The molecule has 3 N–H and O–H groups in total. The molecule has 0 saturated carbocycles. The fourth-order valence-corrected chi connectivity index (χ4v) is 2.88. The topological polar surface area (TPSA) is 81.0 Å². The van der Waals surface area contributed by atoms with Crippen LogP contribution in [0.5, 0.6) is 0 Å². The average molecular weight is 269 g/mol. The first kappa shape index (κ1) is 13.2. The number of nitrogens with zero attached hydrogens (tertiary/aromatic N) is 1. The molecule has 1 saturated heterocycles. The molecular formula is C12H15NO4S. The van der Waals surface area contributed by atoms with Gasteiger partial charge in [-0.2, -0.15) is 0 Å². The first-order valence-electron chi connectivity index (χ1n) is 5.63. The summed E-state index contributed by atoms with van der Waals surface area (Å²) in [6, 6.07) is 3.80. The zero-order chi connectivity index (χ0) is 13.1. The SMILES string of the molecule is O=C(O)/C=C/c1ccc(CN2CC(O)C(O)C2)s1. The first-order valence-corrected chi connectivity index (χ1v) is 6.44. The Labute approximate surface area is 109 Å². The molecule has 0 aromatic carbocycles. The van der Waals surface area contributed by atoms with Gasteiger partial charge in [-0.1, -0.05) is 0 Å². The molecule has 18 heavy (non-hydrogen) atoms. The van der Waals surface area contributed by atoms with Crippen molar-refractivity contribution in [1.29, 1.82) is 0 Å². The number of β-amino-alcohol motifs (C(OH)–C–C–N with tert-alkyl or cyclic N) is 2. The number of aliphatic hydroxyl groups excluding tert-OH is 2. The van der Waals surface area contributed by atoms with Crippen LogP contribution in [0, 0.1) is 0 Å². The van der Waals surface area contributed by atoms with Crippen LogP contribution >= 0.6 is 11.3 Å². The predicted molar refractivity (Wildman–Crippen MR) is 68.3 cm³/mol. The summed E-state index contributed by atoms with van der Waals surface area (Å²) in [6.07, 6.45) is 1.33. The third kappa shape index (κ3) is 3.39. The van der Waals surface area contributed by atoms with Crippen molar-refractivity contribution in [2.45, 2.75) is 18.8 Å². The highest BCUT2D eigenvalue weighted by Gasteiger charge is 2.29. The van der Waals surface area contributed by atoms with Crippen LogP contribution < -0.4 is 0 Å². The summed E-state index contributed by atoms with van der Waals surface area (Å²) in [5, 5.41) is 27.4. The van der Waals surface area contributed by atoms with Gasteiger partial charge in [0.2, 0.25) is 0 Å². The van der Waals surface area contributed by atoms with E-state index in [4.69, 9.17) is 5.11 Å². The Hall–Kier alpha value is -1.21. The number of carbonyl (C=O) groups is 1. The van der Waals surface area contributed by atoms with Crippen molar-refractivity contribution in [3.05, 3.63) is 28.0 Å². The molecule has 1 aliphatic heterocycles. The van der Waals surface area contributed by atoms with Gasteiger partial charge in [-0.25, -0.2) is 4.79 Å². The molecule has 1 aromatic rings. The van der Waals surface area contributed by atoms with Crippen LogP contribution in [-0.2, 0) is 11.3 Å². The zero-order valence-electron chi connectivity index (χ0n) is 9.69. The van der Waals surface area contributed by atoms with E-state index in [9.17, 15) is 15.0 Å². The van der Waals surface area contributed by atoms with Crippen molar-refractivity contribution in [3.8, 4) is 0 Å². The molecule has 2 heterocycles. The summed E-state index contributed by atoms with van der Waals surface area (Å²) >= 11 is 1.51. The van der Waals surface area contributed by atoms with E-state index in [0.717, 1.165) is 15.8 Å². The molecule has 0 spiro atoms. The lowest BCUT2D eigenvalue weighted by Crippen LogP contribution is -2.22. The Morgan fingerprint density at radius 2 is 2.06 bits per heavy atom. The van der Waals surface area contributed by atoms with Crippen molar-refractivity contribution >= 4 is 23.4 Å². The maximum Gasteiger partial charge on any atom is 0.328 e. The minimum Gasteiger partial charge on any atom is -0.478 e. The highest BCUT2D eigenvalue weighted by Crippen LogP contribution is 2.21. The summed E-state index contributed by atoms with van der Waals surface area (Å²) in [6.45, 7) is 1.61. The maximum absolute atomic E-state index is 10.4. The van der Waals surface area contributed by atoms with E-state index < -0.39 is 18.2 Å². The number of aliphatic hydroxyl groups is 2. The number of thiophene rings is 1. The lowest BCUT2D eigenvalue weighted by atomic mass is 10.3. The molecule has 6 heteroatoms. The van der Waals surface area contributed by atoms with Gasteiger partial charge in [0.05, 0.1) is 12.2 Å². The van der Waals surface area contributed by atoms with Gasteiger partial charge in [0.25, 0.3) is 0 Å². The predicted octanol–water partition coefficient (Wildman–Crippen LogP) is 0.383. The molecule has 1 fully saturated rings. The lowest BCUT2D eigenvalue weighted by Gasteiger charge is -2.12. The van der Waals surface area contributed by atoms with Gasteiger partial charge < -0.3 is 15.3 Å². The van der Waals surface area contributed by atoms with Gasteiger partial charge in [-0.15, -0.1) is 11.3 Å². The molecule has 0 amide bonds. The van der Waals surface area contributed by atoms with Gasteiger partial charge in [-0.3, -0.25) is 4.90 Å². The highest BCUT2D eigenvalue weighted by atomic mass is 32.1. The van der Waals surface area contributed by atoms with Crippen LogP contribution in [0.2, 0.25) is 0 Å². The van der Waals surface area contributed by atoms with Crippen LogP contribution in [0.15, 0.2) is 18.2 Å². The van der Waals surface area contributed by atoms with Gasteiger partial charge in [0.15, 0.2) is 0 Å². The van der Waals surface area contributed by atoms with E-state index in [1.807, 2.05) is 17.0 Å². The van der Waals surface area contributed by atoms with Crippen LogP contribution in [0.4, 0.5) is 0 Å². The molecule has 2 unspecified atom stereocenters. The Morgan fingerprint density at radius 1 is 1.39 bits per heavy atom. The standard InChI is InChI=1S/C12H15NO4S/c14-10-6-13(7-11(10)15)5-9-2-1-8(18-9)3-4-12(16)17/h1-4,10-11,14-15H,5-7H2,(H,16,17)/b4-3+. The number of carboxylic acid groups (broad SMARTS) is 1. The van der Waals surface area contributed by atoms with E-state index in [2.05, 4.69) is 0 Å². The van der Waals surface area contributed by atoms with Gasteiger partial charge in [-0.05, 0) is 18.2 Å². The highest BCUT2D eigenvalue weighted by molar-refractivity contribution is 7.12.